The number of nitrogens with one attached hydrogen (secondary N) is 1. The van der Waals surface area contributed by atoms with Crippen LogP contribution in [0.3, 0.4) is 0 Å². The largest absolute Gasteiger partial charge is 0.488 e. The highest BCUT2D eigenvalue weighted by atomic mass is 16.5. The van der Waals surface area contributed by atoms with Crippen molar-refractivity contribution < 1.29 is 14.6 Å². The molecule has 1 aromatic heterocycles. The Morgan fingerprint density at radius 3 is 2.57 bits per heavy atom. The Balaban J connectivity index is 0.00000127. The van der Waals surface area contributed by atoms with Crippen LogP contribution in [0, 0.1) is 6.92 Å². The van der Waals surface area contributed by atoms with E-state index in [1.165, 1.54) is 0 Å². The van der Waals surface area contributed by atoms with Crippen LogP contribution >= 0.6 is 0 Å². The van der Waals surface area contributed by atoms with Gasteiger partial charge in [0.25, 0.3) is 5.91 Å². The zero-order valence-electron chi connectivity index (χ0n) is 14.5. The molecule has 0 atom stereocenters. The Hall–Kier alpha value is -2.14. The number of amides is 1. The predicted octanol–water partition coefficient (Wildman–Crippen LogP) is 3.08. The fourth-order valence-electron chi connectivity index (χ4n) is 2.20. The lowest BCUT2D eigenvalue weighted by Gasteiger charge is -2.16. The third-order valence-electron chi connectivity index (χ3n) is 3.00. The van der Waals surface area contributed by atoms with Gasteiger partial charge in [0.15, 0.2) is 5.75 Å². The highest BCUT2D eigenvalue weighted by Gasteiger charge is 2.20. The predicted molar refractivity (Wildman–Crippen MR) is 93.0 cm³/mol. The second kappa shape index (κ2) is 9.10. The quantitative estimate of drug-likeness (QED) is 0.888. The number of benzene rings is 1. The van der Waals surface area contributed by atoms with Gasteiger partial charge in [-0.15, -0.1) is 0 Å². The van der Waals surface area contributed by atoms with Crippen molar-refractivity contribution >= 4 is 16.8 Å². The molecule has 0 spiro atoms. The van der Waals surface area contributed by atoms with E-state index in [2.05, 4.69) is 10.3 Å². The van der Waals surface area contributed by atoms with Gasteiger partial charge in [0, 0.05) is 11.4 Å². The van der Waals surface area contributed by atoms with Crippen LogP contribution in [0.25, 0.3) is 10.9 Å². The van der Waals surface area contributed by atoms with Crippen LogP contribution in [0.4, 0.5) is 0 Å². The summed E-state index contributed by atoms with van der Waals surface area (Å²) in [4.78, 5) is 17.0. The van der Waals surface area contributed by atoms with Crippen molar-refractivity contribution in [3.8, 4) is 5.75 Å². The zero-order valence-corrected chi connectivity index (χ0v) is 14.5. The Bertz CT molecular complexity index is 654. The number of carbonyl (C=O) groups excluding carboxylic acids is 1. The lowest BCUT2D eigenvalue weighted by Crippen LogP contribution is -2.31. The minimum absolute atomic E-state index is 0.0235. The van der Waals surface area contributed by atoms with Crippen LogP contribution in [0.2, 0.25) is 0 Å². The SMILES string of the molecule is CC.Cc1nc2ccccc2c(C(=O)NC(C)C)c1OCCO. The molecular weight excluding hydrogens is 292 g/mol. The van der Waals surface area contributed by atoms with E-state index < -0.39 is 0 Å². The summed E-state index contributed by atoms with van der Waals surface area (Å²) < 4.78 is 5.55. The topological polar surface area (TPSA) is 71.5 Å². The lowest BCUT2D eigenvalue weighted by molar-refractivity contribution is 0.0938. The summed E-state index contributed by atoms with van der Waals surface area (Å²) in [5, 5.41) is 12.6. The highest BCUT2D eigenvalue weighted by Crippen LogP contribution is 2.29. The second-order valence-corrected chi connectivity index (χ2v) is 5.12. The average Bonchev–Trinajstić information content (AvgIpc) is 2.53. The number of aliphatic hydroxyl groups is 1. The molecule has 2 rings (SSSR count). The van der Waals surface area contributed by atoms with E-state index in [-0.39, 0.29) is 25.2 Å². The minimum Gasteiger partial charge on any atom is -0.488 e. The normalized spacial score (nSPS) is 10.2. The fraction of sp³-hybridized carbons (Fsp3) is 0.444. The number of aromatic nitrogens is 1. The number of hydrogen-bond donors (Lipinski definition) is 2. The number of nitrogens with zero attached hydrogens (tertiary/aromatic N) is 1. The first-order valence-electron chi connectivity index (χ1n) is 7.98. The van der Waals surface area contributed by atoms with Crippen molar-refractivity contribution in [2.45, 2.75) is 40.7 Å². The molecule has 2 N–H and O–H groups in total. The summed E-state index contributed by atoms with van der Waals surface area (Å²) in [6.07, 6.45) is 0. The maximum absolute atomic E-state index is 12.5. The van der Waals surface area contributed by atoms with Gasteiger partial charge in [0.05, 0.1) is 23.4 Å². The van der Waals surface area contributed by atoms with Gasteiger partial charge in [-0.3, -0.25) is 4.79 Å². The molecule has 0 saturated heterocycles. The van der Waals surface area contributed by atoms with Gasteiger partial charge in [0.1, 0.15) is 6.61 Å². The number of hydrogen-bond acceptors (Lipinski definition) is 4. The van der Waals surface area contributed by atoms with Gasteiger partial charge in [0.2, 0.25) is 0 Å². The number of para-hydroxylation sites is 1. The van der Waals surface area contributed by atoms with Gasteiger partial charge in [-0.2, -0.15) is 0 Å². The molecule has 5 heteroatoms. The maximum atomic E-state index is 12.5. The van der Waals surface area contributed by atoms with E-state index in [1.807, 2.05) is 52.0 Å². The first-order valence-corrected chi connectivity index (χ1v) is 7.98. The van der Waals surface area contributed by atoms with Crippen molar-refractivity contribution in [3.05, 3.63) is 35.5 Å². The van der Waals surface area contributed by atoms with Crippen LogP contribution < -0.4 is 10.1 Å². The van der Waals surface area contributed by atoms with E-state index in [1.54, 1.807) is 6.92 Å². The Kier molecular flexibility index (Phi) is 7.48. The fourth-order valence-corrected chi connectivity index (χ4v) is 2.20. The molecule has 126 valence electrons. The summed E-state index contributed by atoms with van der Waals surface area (Å²) in [6.45, 7) is 9.62. The molecule has 1 amide bonds. The van der Waals surface area contributed by atoms with E-state index in [9.17, 15) is 4.79 Å². The molecule has 0 saturated carbocycles. The summed E-state index contributed by atoms with van der Waals surface area (Å²) in [7, 11) is 0. The summed E-state index contributed by atoms with van der Waals surface area (Å²) in [5.74, 6) is 0.237. The summed E-state index contributed by atoms with van der Waals surface area (Å²) in [5.41, 5.74) is 1.86. The molecule has 1 aromatic carbocycles. The first kappa shape index (κ1) is 18.9. The molecule has 0 bridgehead atoms. The molecule has 5 nitrogen and oxygen atoms in total. The molecule has 23 heavy (non-hydrogen) atoms. The zero-order chi connectivity index (χ0) is 17.4. The van der Waals surface area contributed by atoms with Crippen molar-refractivity contribution in [2.24, 2.45) is 0 Å². The van der Waals surface area contributed by atoms with E-state index in [0.29, 0.717) is 17.0 Å². The number of fused-ring (bicyclic) bond motifs is 1. The van der Waals surface area contributed by atoms with Gasteiger partial charge in [-0.05, 0) is 26.8 Å². The monoisotopic (exact) mass is 318 g/mol. The van der Waals surface area contributed by atoms with Gasteiger partial charge in [-0.1, -0.05) is 32.0 Å². The highest BCUT2D eigenvalue weighted by molar-refractivity contribution is 6.08. The molecule has 0 aliphatic rings. The lowest BCUT2D eigenvalue weighted by atomic mass is 10.1. The number of aryl methyl sites for hydroxylation is 1. The van der Waals surface area contributed by atoms with Crippen LogP contribution in [0.15, 0.2) is 24.3 Å². The third kappa shape index (κ3) is 4.66. The Morgan fingerprint density at radius 2 is 1.96 bits per heavy atom. The van der Waals surface area contributed by atoms with Gasteiger partial charge in [-0.25, -0.2) is 4.98 Å². The van der Waals surface area contributed by atoms with E-state index in [4.69, 9.17) is 9.84 Å². The molecule has 0 unspecified atom stereocenters. The number of rotatable bonds is 5. The molecule has 0 aliphatic carbocycles. The molecule has 2 aromatic rings. The van der Waals surface area contributed by atoms with E-state index >= 15 is 0 Å². The van der Waals surface area contributed by atoms with Crippen molar-refractivity contribution in [1.82, 2.24) is 10.3 Å². The van der Waals surface area contributed by atoms with Crippen LogP contribution in [-0.4, -0.2) is 35.3 Å². The van der Waals surface area contributed by atoms with Crippen molar-refractivity contribution in [1.29, 1.82) is 0 Å². The molecule has 0 aliphatic heterocycles. The first-order chi connectivity index (χ1) is 11.0. The van der Waals surface area contributed by atoms with Gasteiger partial charge < -0.3 is 15.2 Å². The summed E-state index contributed by atoms with van der Waals surface area (Å²) in [6, 6.07) is 7.48. The standard InChI is InChI=1S/C16H20N2O3.C2H6/c1-10(2)17-16(20)14-12-6-4-5-7-13(12)18-11(3)15(14)21-9-8-19;1-2/h4-7,10,19H,8-9H2,1-3H3,(H,17,20);1-2H3. The summed E-state index contributed by atoms with van der Waals surface area (Å²) >= 11 is 0. The van der Waals surface area contributed by atoms with E-state index in [0.717, 1.165) is 10.9 Å². The molecule has 1 heterocycles. The van der Waals surface area contributed by atoms with Crippen molar-refractivity contribution in [2.75, 3.05) is 13.2 Å². The van der Waals surface area contributed by atoms with Crippen LogP contribution in [0.5, 0.6) is 5.75 Å². The van der Waals surface area contributed by atoms with Crippen molar-refractivity contribution in [3.63, 3.8) is 0 Å². The average molecular weight is 318 g/mol. The number of carbonyl (C=O) groups is 1. The second-order valence-electron chi connectivity index (χ2n) is 5.12. The number of aliphatic hydroxyl groups excluding tert-OH is 1. The smallest absolute Gasteiger partial charge is 0.256 e. The maximum Gasteiger partial charge on any atom is 0.256 e. The van der Waals surface area contributed by atoms with Crippen LogP contribution in [-0.2, 0) is 0 Å². The van der Waals surface area contributed by atoms with Crippen LogP contribution in [0.1, 0.15) is 43.7 Å². The Labute approximate surface area is 137 Å². The minimum atomic E-state index is -0.195. The Morgan fingerprint density at radius 1 is 1.30 bits per heavy atom. The molecule has 0 radical (unpaired) electrons. The molecule has 0 fully saturated rings. The van der Waals surface area contributed by atoms with Gasteiger partial charge >= 0.3 is 0 Å². The third-order valence-corrected chi connectivity index (χ3v) is 3.00. The molecular formula is C18H26N2O3. The number of pyridine rings is 1. The number of ether oxygens (including phenoxy) is 1.